The molecule has 2 rings (SSSR count). The Bertz CT molecular complexity index is 331. The number of piperidine rings is 1. The van der Waals surface area contributed by atoms with E-state index in [2.05, 4.69) is 11.9 Å². The molecule has 2 aliphatic rings. The third-order valence-electron chi connectivity index (χ3n) is 3.37. The van der Waals surface area contributed by atoms with E-state index in [1.165, 1.54) is 0 Å². The summed E-state index contributed by atoms with van der Waals surface area (Å²) in [6.45, 7) is 5.04. The first kappa shape index (κ1) is 12.9. The smallest absolute Gasteiger partial charge is 0.410 e. The zero-order chi connectivity index (χ0) is 13.0. The predicted octanol–water partition coefficient (Wildman–Crippen LogP) is 1.30. The third-order valence-corrected chi connectivity index (χ3v) is 3.37. The van der Waals surface area contributed by atoms with Gasteiger partial charge in [-0.15, -0.1) is 0 Å². The first-order valence-electron chi connectivity index (χ1n) is 6.53. The largest absolute Gasteiger partial charge is 0.445 e. The van der Waals surface area contributed by atoms with Gasteiger partial charge in [0.25, 0.3) is 0 Å². The third kappa shape index (κ3) is 3.48. The molecule has 0 unspecified atom stereocenters. The Kier molecular flexibility index (Phi) is 4.23. The molecule has 1 aliphatic heterocycles. The van der Waals surface area contributed by atoms with Crippen LogP contribution in [0.1, 0.15) is 25.7 Å². The van der Waals surface area contributed by atoms with Crippen LogP contribution in [0.2, 0.25) is 0 Å². The van der Waals surface area contributed by atoms with Crippen LogP contribution >= 0.6 is 0 Å². The quantitative estimate of drug-likeness (QED) is 0.767. The average Bonchev–Trinajstić information content (AvgIpc) is 3.21. The van der Waals surface area contributed by atoms with E-state index in [-0.39, 0.29) is 30.6 Å². The second-order valence-corrected chi connectivity index (χ2v) is 4.91. The van der Waals surface area contributed by atoms with Crippen molar-refractivity contribution in [3.8, 4) is 0 Å². The predicted molar refractivity (Wildman–Crippen MR) is 67.0 cm³/mol. The monoisotopic (exact) mass is 252 g/mol. The molecule has 1 saturated heterocycles. The van der Waals surface area contributed by atoms with Crippen LogP contribution in [0.15, 0.2) is 12.7 Å². The Morgan fingerprint density at radius 3 is 2.50 bits per heavy atom. The zero-order valence-corrected chi connectivity index (χ0v) is 10.6. The minimum Gasteiger partial charge on any atom is -0.445 e. The van der Waals surface area contributed by atoms with E-state index in [1.807, 2.05) is 0 Å². The lowest BCUT2D eigenvalue weighted by atomic mass is 10.1. The topological polar surface area (TPSA) is 58.6 Å². The Morgan fingerprint density at radius 2 is 1.94 bits per heavy atom. The average molecular weight is 252 g/mol. The molecule has 0 aromatic carbocycles. The maximum absolute atomic E-state index is 11.6. The standard InChI is InChI=1S/C13H20N2O3/c1-2-9-18-13(17)15-7-5-11(6-8-15)14-12(16)10-3-4-10/h2,10-11H,1,3-9H2,(H,14,16). The highest BCUT2D eigenvalue weighted by Crippen LogP contribution is 2.29. The van der Waals surface area contributed by atoms with Gasteiger partial charge in [-0.25, -0.2) is 4.79 Å². The fourth-order valence-electron chi connectivity index (χ4n) is 2.09. The van der Waals surface area contributed by atoms with Crippen LogP contribution in [0.3, 0.4) is 0 Å². The molecule has 0 aromatic rings. The summed E-state index contributed by atoms with van der Waals surface area (Å²) >= 11 is 0. The van der Waals surface area contributed by atoms with Gasteiger partial charge in [-0.2, -0.15) is 0 Å². The molecule has 18 heavy (non-hydrogen) atoms. The molecule has 0 bridgehead atoms. The summed E-state index contributed by atoms with van der Waals surface area (Å²) in [5.74, 6) is 0.434. The summed E-state index contributed by atoms with van der Waals surface area (Å²) in [4.78, 5) is 24.9. The van der Waals surface area contributed by atoms with E-state index in [4.69, 9.17) is 4.74 Å². The van der Waals surface area contributed by atoms with Crippen molar-refractivity contribution in [3.05, 3.63) is 12.7 Å². The number of hydrogen-bond acceptors (Lipinski definition) is 3. The minimum atomic E-state index is -0.290. The summed E-state index contributed by atoms with van der Waals surface area (Å²) in [7, 11) is 0. The second kappa shape index (κ2) is 5.89. The van der Waals surface area contributed by atoms with E-state index >= 15 is 0 Å². The van der Waals surface area contributed by atoms with E-state index in [9.17, 15) is 9.59 Å². The van der Waals surface area contributed by atoms with Crippen molar-refractivity contribution in [2.45, 2.75) is 31.7 Å². The fourth-order valence-corrected chi connectivity index (χ4v) is 2.09. The lowest BCUT2D eigenvalue weighted by Gasteiger charge is -2.31. The van der Waals surface area contributed by atoms with Gasteiger partial charge in [-0.05, 0) is 25.7 Å². The number of nitrogens with zero attached hydrogens (tertiary/aromatic N) is 1. The number of ether oxygens (including phenoxy) is 1. The molecule has 5 nitrogen and oxygen atoms in total. The number of rotatable bonds is 4. The lowest BCUT2D eigenvalue weighted by Crippen LogP contribution is -2.47. The summed E-state index contributed by atoms with van der Waals surface area (Å²) < 4.78 is 4.98. The highest BCUT2D eigenvalue weighted by atomic mass is 16.6. The Morgan fingerprint density at radius 1 is 1.28 bits per heavy atom. The van der Waals surface area contributed by atoms with Crippen LogP contribution in [0, 0.1) is 5.92 Å². The summed E-state index contributed by atoms with van der Waals surface area (Å²) in [5.41, 5.74) is 0. The molecule has 1 heterocycles. The van der Waals surface area contributed by atoms with Gasteiger partial charge in [0.2, 0.25) is 5.91 Å². The van der Waals surface area contributed by atoms with Crippen LogP contribution in [-0.4, -0.2) is 42.6 Å². The first-order valence-corrected chi connectivity index (χ1v) is 6.53. The molecular formula is C13H20N2O3. The first-order chi connectivity index (χ1) is 8.70. The van der Waals surface area contributed by atoms with Crippen molar-refractivity contribution in [2.24, 2.45) is 5.92 Å². The van der Waals surface area contributed by atoms with Crippen molar-refractivity contribution in [1.82, 2.24) is 10.2 Å². The van der Waals surface area contributed by atoms with Gasteiger partial charge in [-0.3, -0.25) is 4.79 Å². The molecule has 2 fully saturated rings. The second-order valence-electron chi connectivity index (χ2n) is 4.91. The molecule has 1 saturated carbocycles. The number of nitrogens with one attached hydrogen (secondary N) is 1. The highest BCUT2D eigenvalue weighted by Gasteiger charge is 2.32. The number of carbonyl (C=O) groups is 2. The zero-order valence-electron chi connectivity index (χ0n) is 10.6. The summed E-state index contributed by atoms with van der Waals surface area (Å²) in [5, 5.41) is 3.05. The van der Waals surface area contributed by atoms with Crippen molar-refractivity contribution >= 4 is 12.0 Å². The molecule has 0 spiro atoms. The van der Waals surface area contributed by atoms with Gasteiger partial charge in [0.05, 0.1) is 0 Å². The molecule has 100 valence electrons. The van der Waals surface area contributed by atoms with E-state index in [0.717, 1.165) is 25.7 Å². The molecule has 1 aliphatic carbocycles. The number of carbonyl (C=O) groups excluding carboxylic acids is 2. The molecule has 0 radical (unpaired) electrons. The molecular weight excluding hydrogens is 232 g/mol. The van der Waals surface area contributed by atoms with Gasteiger partial charge in [0.1, 0.15) is 6.61 Å². The van der Waals surface area contributed by atoms with E-state index < -0.39 is 0 Å². The molecule has 2 amide bonds. The van der Waals surface area contributed by atoms with Gasteiger partial charge in [0.15, 0.2) is 0 Å². The number of likely N-dealkylation sites (tertiary alicyclic amines) is 1. The lowest BCUT2D eigenvalue weighted by molar-refractivity contribution is -0.123. The van der Waals surface area contributed by atoms with Crippen LogP contribution < -0.4 is 5.32 Å². The maximum atomic E-state index is 11.6. The summed E-state index contributed by atoms with van der Waals surface area (Å²) in [6, 6.07) is 0.210. The van der Waals surface area contributed by atoms with Gasteiger partial charge in [0, 0.05) is 25.0 Å². The van der Waals surface area contributed by atoms with Gasteiger partial charge >= 0.3 is 6.09 Å². The van der Waals surface area contributed by atoms with E-state index in [0.29, 0.717) is 13.1 Å². The summed E-state index contributed by atoms with van der Waals surface area (Å²) in [6.07, 6.45) is 4.93. The minimum absolute atomic E-state index is 0.183. The Labute approximate surface area is 107 Å². The fraction of sp³-hybridized carbons (Fsp3) is 0.692. The normalized spacial score (nSPS) is 20.3. The van der Waals surface area contributed by atoms with Crippen LogP contribution in [0.4, 0.5) is 4.79 Å². The van der Waals surface area contributed by atoms with Crippen LogP contribution in [-0.2, 0) is 9.53 Å². The van der Waals surface area contributed by atoms with Gasteiger partial charge in [-0.1, -0.05) is 12.7 Å². The van der Waals surface area contributed by atoms with Crippen molar-refractivity contribution in [2.75, 3.05) is 19.7 Å². The Hall–Kier alpha value is -1.52. The maximum Gasteiger partial charge on any atom is 0.410 e. The number of amides is 2. The van der Waals surface area contributed by atoms with Crippen molar-refractivity contribution in [3.63, 3.8) is 0 Å². The van der Waals surface area contributed by atoms with Crippen molar-refractivity contribution in [1.29, 1.82) is 0 Å². The van der Waals surface area contributed by atoms with Crippen molar-refractivity contribution < 1.29 is 14.3 Å². The van der Waals surface area contributed by atoms with E-state index in [1.54, 1.807) is 11.0 Å². The Balaban J connectivity index is 1.68. The van der Waals surface area contributed by atoms with Crippen LogP contribution in [0.25, 0.3) is 0 Å². The molecule has 1 N–H and O–H groups in total. The highest BCUT2D eigenvalue weighted by molar-refractivity contribution is 5.81. The van der Waals surface area contributed by atoms with Gasteiger partial charge < -0.3 is 15.0 Å². The number of hydrogen-bond donors (Lipinski definition) is 1. The molecule has 0 aromatic heterocycles. The molecule has 5 heteroatoms. The molecule has 0 atom stereocenters. The SMILES string of the molecule is C=CCOC(=O)N1CCC(NC(=O)C2CC2)CC1. The van der Waals surface area contributed by atoms with Crippen LogP contribution in [0.5, 0.6) is 0 Å².